The molecule has 0 radical (unpaired) electrons. The van der Waals surface area contributed by atoms with Gasteiger partial charge >= 0.3 is 0 Å². The maximum atomic E-state index is 12.1. The molecule has 1 aromatic heterocycles. The Kier molecular flexibility index (Phi) is 6.49. The maximum absolute atomic E-state index is 12.1. The van der Waals surface area contributed by atoms with Gasteiger partial charge in [-0.15, -0.1) is 11.8 Å². The summed E-state index contributed by atoms with van der Waals surface area (Å²) < 4.78 is 10.5. The molecule has 28 heavy (non-hydrogen) atoms. The number of aryl methyl sites for hydroxylation is 1. The smallest absolute Gasteiger partial charge is 0.250 e. The number of carbonyl (C=O) groups excluding carboxylic acids is 1. The van der Waals surface area contributed by atoms with Crippen LogP contribution >= 0.6 is 11.8 Å². The van der Waals surface area contributed by atoms with Crippen LogP contribution in [0.4, 0.5) is 0 Å². The van der Waals surface area contributed by atoms with Gasteiger partial charge in [0.25, 0.3) is 0 Å². The van der Waals surface area contributed by atoms with Gasteiger partial charge in [0, 0.05) is 16.0 Å². The van der Waals surface area contributed by atoms with Crippen molar-refractivity contribution in [3.8, 4) is 11.5 Å². The highest BCUT2D eigenvalue weighted by Gasteiger charge is 2.07. The summed E-state index contributed by atoms with van der Waals surface area (Å²) >= 11 is 1.47. The first-order chi connectivity index (χ1) is 13.6. The van der Waals surface area contributed by atoms with E-state index < -0.39 is 0 Å². The van der Waals surface area contributed by atoms with E-state index in [0.29, 0.717) is 11.5 Å². The lowest BCUT2D eigenvalue weighted by Gasteiger charge is -2.08. The second-order valence-corrected chi connectivity index (χ2v) is 6.99. The van der Waals surface area contributed by atoms with Gasteiger partial charge in [0.1, 0.15) is 0 Å². The molecular formula is C21H21N3O3S. The second kappa shape index (κ2) is 9.23. The fraction of sp³-hybridized carbons (Fsp3) is 0.190. The number of fused-ring (bicyclic) bond motifs is 1. The van der Waals surface area contributed by atoms with E-state index in [1.807, 2.05) is 43.3 Å². The molecule has 0 atom stereocenters. The quantitative estimate of drug-likeness (QED) is 0.374. The summed E-state index contributed by atoms with van der Waals surface area (Å²) in [4.78, 5) is 17.7. The lowest BCUT2D eigenvalue weighted by atomic mass is 10.2. The van der Waals surface area contributed by atoms with Crippen LogP contribution in [0.15, 0.2) is 58.5 Å². The number of nitrogens with zero attached hydrogens (tertiary/aromatic N) is 2. The lowest BCUT2D eigenvalue weighted by Crippen LogP contribution is -2.19. The molecule has 0 aliphatic rings. The number of carbonyl (C=O) groups is 1. The molecule has 0 fully saturated rings. The molecule has 0 saturated carbocycles. The van der Waals surface area contributed by atoms with Crippen molar-refractivity contribution in [2.75, 3.05) is 20.0 Å². The summed E-state index contributed by atoms with van der Waals surface area (Å²) in [6.07, 6.45) is 1.57. The molecule has 0 saturated heterocycles. The Labute approximate surface area is 168 Å². The lowest BCUT2D eigenvalue weighted by molar-refractivity contribution is -0.118. The molecule has 144 valence electrons. The van der Waals surface area contributed by atoms with E-state index in [1.54, 1.807) is 32.6 Å². The number of rotatable bonds is 7. The Bertz CT molecular complexity index is 1020. The van der Waals surface area contributed by atoms with E-state index in [2.05, 4.69) is 15.5 Å². The molecule has 0 unspecified atom stereocenters. The van der Waals surface area contributed by atoms with Crippen LogP contribution in [0, 0.1) is 6.92 Å². The fourth-order valence-electron chi connectivity index (χ4n) is 2.68. The first kappa shape index (κ1) is 19.7. The van der Waals surface area contributed by atoms with Crippen LogP contribution < -0.4 is 14.9 Å². The van der Waals surface area contributed by atoms with E-state index >= 15 is 0 Å². The molecule has 6 nitrogen and oxygen atoms in total. The van der Waals surface area contributed by atoms with Crippen LogP contribution in [0.3, 0.4) is 0 Å². The number of hydrogen-bond acceptors (Lipinski definition) is 6. The van der Waals surface area contributed by atoms with Crippen LogP contribution in [-0.4, -0.2) is 37.1 Å². The van der Waals surface area contributed by atoms with Crippen molar-refractivity contribution in [3.05, 3.63) is 59.8 Å². The first-order valence-corrected chi connectivity index (χ1v) is 9.62. The number of thioether (sulfide) groups is 1. The minimum absolute atomic E-state index is 0.180. The summed E-state index contributed by atoms with van der Waals surface area (Å²) in [5.41, 5.74) is 5.20. The van der Waals surface area contributed by atoms with Gasteiger partial charge in [0.15, 0.2) is 11.5 Å². The third-order valence-electron chi connectivity index (χ3n) is 3.98. The van der Waals surface area contributed by atoms with Gasteiger partial charge in [-0.2, -0.15) is 5.10 Å². The van der Waals surface area contributed by atoms with Gasteiger partial charge in [-0.05, 0) is 42.8 Å². The SMILES string of the molecule is COc1ccc(C=NNC(=O)CSc2cc(C)nc3ccccc23)cc1OC. The molecular weight excluding hydrogens is 374 g/mol. The predicted molar refractivity (Wildman–Crippen MR) is 112 cm³/mol. The number of amides is 1. The predicted octanol–water partition coefficient (Wildman–Crippen LogP) is 3.80. The largest absolute Gasteiger partial charge is 0.493 e. The molecule has 3 rings (SSSR count). The highest BCUT2D eigenvalue weighted by Crippen LogP contribution is 2.28. The van der Waals surface area contributed by atoms with Gasteiger partial charge in [-0.25, -0.2) is 5.43 Å². The number of para-hydroxylation sites is 1. The molecule has 1 N–H and O–H groups in total. The average molecular weight is 395 g/mol. The van der Waals surface area contributed by atoms with Gasteiger partial charge in [0.2, 0.25) is 5.91 Å². The third kappa shape index (κ3) is 4.80. The molecule has 1 amide bonds. The number of aromatic nitrogens is 1. The number of ether oxygens (including phenoxy) is 2. The zero-order valence-corrected chi connectivity index (χ0v) is 16.7. The number of hydrazone groups is 1. The number of benzene rings is 2. The van der Waals surface area contributed by atoms with E-state index in [1.165, 1.54) is 11.8 Å². The summed E-state index contributed by atoms with van der Waals surface area (Å²) in [5, 5.41) is 5.06. The number of methoxy groups -OCH3 is 2. The molecule has 0 spiro atoms. The van der Waals surface area contributed by atoms with Crippen molar-refractivity contribution in [2.45, 2.75) is 11.8 Å². The Morgan fingerprint density at radius 1 is 1.14 bits per heavy atom. The molecule has 0 aliphatic carbocycles. The van der Waals surface area contributed by atoms with Gasteiger partial charge < -0.3 is 9.47 Å². The molecule has 2 aromatic carbocycles. The second-order valence-electron chi connectivity index (χ2n) is 5.98. The summed E-state index contributed by atoms with van der Waals surface area (Å²) in [7, 11) is 3.15. The Morgan fingerprint density at radius 2 is 1.93 bits per heavy atom. The normalized spacial score (nSPS) is 11.0. The highest BCUT2D eigenvalue weighted by atomic mass is 32.2. The van der Waals surface area contributed by atoms with Crippen LogP contribution in [-0.2, 0) is 4.79 Å². The fourth-order valence-corrected chi connectivity index (χ4v) is 3.61. The van der Waals surface area contributed by atoms with Crippen LogP contribution in [0.25, 0.3) is 10.9 Å². The number of nitrogens with one attached hydrogen (secondary N) is 1. The van der Waals surface area contributed by atoms with Crippen molar-refractivity contribution in [1.82, 2.24) is 10.4 Å². The monoisotopic (exact) mass is 395 g/mol. The van der Waals surface area contributed by atoms with E-state index in [4.69, 9.17) is 9.47 Å². The zero-order valence-electron chi connectivity index (χ0n) is 15.9. The minimum Gasteiger partial charge on any atom is -0.493 e. The third-order valence-corrected chi connectivity index (χ3v) is 5.03. The van der Waals surface area contributed by atoms with E-state index in [-0.39, 0.29) is 11.7 Å². The Morgan fingerprint density at radius 3 is 2.71 bits per heavy atom. The maximum Gasteiger partial charge on any atom is 0.250 e. The van der Waals surface area contributed by atoms with Crippen molar-refractivity contribution in [1.29, 1.82) is 0 Å². The van der Waals surface area contributed by atoms with Gasteiger partial charge in [-0.1, -0.05) is 18.2 Å². The standard InChI is InChI=1S/C21H21N3O3S/c1-14-10-20(16-6-4-5-7-17(16)23-14)28-13-21(25)24-22-12-15-8-9-18(26-2)19(11-15)27-3/h4-12H,13H2,1-3H3,(H,24,25). The molecule has 7 heteroatoms. The Hall–Kier alpha value is -3.06. The number of hydrogen-bond donors (Lipinski definition) is 1. The Balaban J connectivity index is 1.60. The average Bonchev–Trinajstić information content (AvgIpc) is 2.71. The topological polar surface area (TPSA) is 72.8 Å². The molecule has 0 aliphatic heterocycles. The first-order valence-electron chi connectivity index (χ1n) is 8.64. The summed E-state index contributed by atoms with van der Waals surface area (Å²) in [5.74, 6) is 1.32. The van der Waals surface area contributed by atoms with Crippen LogP contribution in [0.2, 0.25) is 0 Å². The van der Waals surface area contributed by atoms with Crippen molar-refractivity contribution < 1.29 is 14.3 Å². The molecule has 1 heterocycles. The summed E-state index contributed by atoms with van der Waals surface area (Å²) in [6.45, 7) is 1.95. The van der Waals surface area contributed by atoms with Crippen LogP contribution in [0.5, 0.6) is 11.5 Å². The molecule has 0 bridgehead atoms. The minimum atomic E-state index is -0.180. The van der Waals surface area contributed by atoms with E-state index in [0.717, 1.165) is 27.1 Å². The highest BCUT2D eigenvalue weighted by molar-refractivity contribution is 8.00. The molecule has 3 aromatic rings. The van der Waals surface area contributed by atoms with Crippen molar-refractivity contribution >= 4 is 34.8 Å². The van der Waals surface area contributed by atoms with Crippen molar-refractivity contribution in [3.63, 3.8) is 0 Å². The van der Waals surface area contributed by atoms with Gasteiger partial charge in [-0.3, -0.25) is 9.78 Å². The van der Waals surface area contributed by atoms with Crippen molar-refractivity contribution in [2.24, 2.45) is 5.10 Å². The summed E-state index contributed by atoms with van der Waals surface area (Å²) in [6, 6.07) is 15.3. The van der Waals surface area contributed by atoms with E-state index in [9.17, 15) is 4.79 Å². The number of pyridine rings is 1. The van der Waals surface area contributed by atoms with Crippen LogP contribution in [0.1, 0.15) is 11.3 Å². The zero-order chi connectivity index (χ0) is 19.9. The van der Waals surface area contributed by atoms with Gasteiger partial charge in [0.05, 0.1) is 31.7 Å².